The van der Waals surface area contributed by atoms with Gasteiger partial charge in [0, 0.05) is 0 Å². The average molecular weight is 291 g/mol. The first-order valence-corrected chi connectivity index (χ1v) is 7.24. The Morgan fingerprint density at radius 2 is 2.00 bits per heavy atom. The van der Waals surface area contributed by atoms with Crippen LogP contribution in [0.3, 0.4) is 0 Å². The van der Waals surface area contributed by atoms with Gasteiger partial charge in [0.05, 0.1) is 0 Å². The summed E-state index contributed by atoms with van der Waals surface area (Å²) in [6.45, 7) is 2.29. The molecular weight excluding hydrogens is 270 g/mol. The third kappa shape index (κ3) is 4.77. The summed E-state index contributed by atoms with van der Waals surface area (Å²) in [4.78, 5) is 22.9. The normalized spacial score (nSPS) is 22.0. The van der Waals surface area contributed by atoms with E-state index in [-0.39, 0.29) is 6.61 Å². The molecule has 2 N–H and O–H groups in total. The number of hydrogen-bond donors (Lipinski definition) is 2. The van der Waals surface area contributed by atoms with Gasteiger partial charge in [-0.15, -0.1) is 0 Å². The Labute approximate surface area is 124 Å². The molecule has 0 saturated heterocycles. The Hall–Kier alpha value is -2.04. The van der Waals surface area contributed by atoms with Crippen LogP contribution in [0.25, 0.3) is 0 Å². The first kappa shape index (κ1) is 15.4. The van der Waals surface area contributed by atoms with Gasteiger partial charge in [-0.3, -0.25) is 0 Å². The lowest BCUT2D eigenvalue weighted by molar-refractivity contribution is -0.140. The average Bonchev–Trinajstić information content (AvgIpc) is 2.43. The van der Waals surface area contributed by atoms with Gasteiger partial charge in [0.1, 0.15) is 12.6 Å². The highest BCUT2D eigenvalue weighted by molar-refractivity contribution is 5.79. The van der Waals surface area contributed by atoms with Gasteiger partial charge in [0.25, 0.3) is 0 Å². The summed E-state index contributed by atoms with van der Waals surface area (Å²) < 4.78 is 5.05. The van der Waals surface area contributed by atoms with Crippen molar-refractivity contribution in [3.8, 4) is 0 Å². The van der Waals surface area contributed by atoms with Crippen molar-refractivity contribution in [2.24, 2.45) is 11.8 Å². The van der Waals surface area contributed by atoms with Gasteiger partial charge in [0.2, 0.25) is 0 Å². The molecule has 0 radical (unpaired) electrons. The Kier molecular flexibility index (Phi) is 5.20. The van der Waals surface area contributed by atoms with Crippen LogP contribution in [0.4, 0.5) is 4.79 Å². The van der Waals surface area contributed by atoms with Crippen LogP contribution in [-0.4, -0.2) is 23.2 Å². The summed E-state index contributed by atoms with van der Waals surface area (Å²) in [6, 6.07) is 8.41. The van der Waals surface area contributed by atoms with Gasteiger partial charge >= 0.3 is 12.1 Å². The number of carboxylic acids is 1. The number of carbonyl (C=O) groups is 2. The van der Waals surface area contributed by atoms with Crippen molar-refractivity contribution < 1.29 is 19.4 Å². The van der Waals surface area contributed by atoms with E-state index in [1.54, 1.807) is 0 Å². The van der Waals surface area contributed by atoms with Crippen molar-refractivity contribution in [1.29, 1.82) is 0 Å². The lowest BCUT2D eigenvalue weighted by Crippen LogP contribution is -2.43. The highest BCUT2D eigenvalue weighted by Gasteiger charge is 2.31. The third-order valence-electron chi connectivity index (χ3n) is 3.84. The van der Waals surface area contributed by atoms with Crippen molar-refractivity contribution in [2.45, 2.75) is 38.8 Å². The minimum Gasteiger partial charge on any atom is -0.480 e. The van der Waals surface area contributed by atoms with Crippen LogP contribution in [0.5, 0.6) is 0 Å². The summed E-state index contributed by atoms with van der Waals surface area (Å²) in [7, 11) is 0. The highest BCUT2D eigenvalue weighted by atomic mass is 16.5. The second kappa shape index (κ2) is 7.11. The topological polar surface area (TPSA) is 75.6 Å². The second-order valence-electron chi connectivity index (χ2n) is 5.78. The molecule has 1 aliphatic carbocycles. The largest absolute Gasteiger partial charge is 0.480 e. The number of rotatable bonds is 6. The number of amides is 1. The minimum absolute atomic E-state index is 0.138. The molecule has 0 aromatic heterocycles. The number of carbonyl (C=O) groups excluding carboxylic acids is 1. The maximum Gasteiger partial charge on any atom is 0.408 e. The van der Waals surface area contributed by atoms with E-state index in [0.29, 0.717) is 18.3 Å². The predicted octanol–water partition coefficient (Wildman–Crippen LogP) is 2.80. The van der Waals surface area contributed by atoms with Crippen molar-refractivity contribution in [1.82, 2.24) is 5.32 Å². The maximum atomic E-state index is 11.7. The molecule has 1 saturated carbocycles. The van der Waals surface area contributed by atoms with E-state index in [0.717, 1.165) is 18.4 Å². The third-order valence-corrected chi connectivity index (χ3v) is 3.84. The van der Waals surface area contributed by atoms with E-state index in [1.165, 1.54) is 0 Å². The van der Waals surface area contributed by atoms with Gasteiger partial charge in [-0.2, -0.15) is 0 Å². The van der Waals surface area contributed by atoms with Crippen LogP contribution in [0.15, 0.2) is 30.3 Å². The zero-order valence-electron chi connectivity index (χ0n) is 12.1. The van der Waals surface area contributed by atoms with Gasteiger partial charge in [-0.05, 0) is 36.7 Å². The molecule has 1 amide bonds. The van der Waals surface area contributed by atoms with E-state index in [2.05, 4.69) is 12.2 Å². The van der Waals surface area contributed by atoms with Crippen LogP contribution in [0, 0.1) is 11.8 Å². The number of carboxylic acid groups (broad SMARTS) is 1. The highest BCUT2D eigenvalue weighted by Crippen LogP contribution is 2.36. The summed E-state index contributed by atoms with van der Waals surface area (Å²) >= 11 is 0. The summed E-state index contributed by atoms with van der Waals surface area (Å²) in [5, 5.41) is 11.6. The van der Waals surface area contributed by atoms with Crippen LogP contribution in [-0.2, 0) is 16.1 Å². The summed E-state index contributed by atoms with van der Waals surface area (Å²) in [6.07, 6.45) is 1.86. The number of alkyl carbamates (subject to hydrolysis) is 1. The molecule has 0 aliphatic heterocycles. The smallest absolute Gasteiger partial charge is 0.408 e. The summed E-state index contributed by atoms with van der Waals surface area (Å²) in [5.74, 6) is 0.0382. The SMILES string of the molecule is CC1CC(CC(NC(=O)OCc2ccccc2)C(=O)O)C1. The Morgan fingerprint density at radius 1 is 1.33 bits per heavy atom. The van der Waals surface area contributed by atoms with Crippen molar-refractivity contribution in [3.63, 3.8) is 0 Å². The molecular formula is C16H21NO4. The van der Waals surface area contributed by atoms with E-state index in [9.17, 15) is 14.7 Å². The first-order valence-electron chi connectivity index (χ1n) is 7.24. The molecule has 2 rings (SSSR count). The van der Waals surface area contributed by atoms with E-state index >= 15 is 0 Å². The minimum atomic E-state index is -1.01. The maximum absolute atomic E-state index is 11.7. The fraction of sp³-hybridized carbons (Fsp3) is 0.500. The molecule has 114 valence electrons. The number of ether oxygens (including phenoxy) is 1. The standard InChI is InChI=1S/C16H21NO4/c1-11-7-13(8-11)9-14(15(18)19)17-16(20)21-10-12-5-3-2-4-6-12/h2-6,11,13-14H,7-10H2,1H3,(H,17,20)(H,18,19). The number of aliphatic carboxylic acids is 1. The van der Waals surface area contributed by atoms with Gasteiger partial charge < -0.3 is 15.2 Å². The quantitative estimate of drug-likeness (QED) is 0.845. The fourth-order valence-electron chi connectivity index (χ4n) is 2.72. The fourth-order valence-corrected chi connectivity index (χ4v) is 2.72. The second-order valence-corrected chi connectivity index (χ2v) is 5.78. The zero-order chi connectivity index (χ0) is 15.2. The van der Waals surface area contributed by atoms with Gasteiger partial charge in [-0.1, -0.05) is 37.3 Å². The van der Waals surface area contributed by atoms with Gasteiger partial charge in [-0.25, -0.2) is 9.59 Å². The van der Waals surface area contributed by atoms with Crippen LogP contribution in [0.2, 0.25) is 0 Å². The molecule has 0 bridgehead atoms. The van der Waals surface area contributed by atoms with Gasteiger partial charge in [0.15, 0.2) is 0 Å². The molecule has 5 nitrogen and oxygen atoms in total. The molecule has 1 aliphatic rings. The molecule has 1 fully saturated rings. The molecule has 0 heterocycles. The zero-order valence-corrected chi connectivity index (χ0v) is 12.1. The molecule has 0 spiro atoms. The molecule has 21 heavy (non-hydrogen) atoms. The molecule has 1 aromatic carbocycles. The van der Waals surface area contributed by atoms with Crippen LogP contribution in [0.1, 0.15) is 31.7 Å². The number of hydrogen-bond acceptors (Lipinski definition) is 3. The Morgan fingerprint density at radius 3 is 2.57 bits per heavy atom. The van der Waals surface area contributed by atoms with E-state index in [4.69, 9.17) is 4.74 Å². The van der Waals surface area contributed by atoms with E-state index in [1.807, 2.05) is 30.3 Å². The van der Waals surface area contributed by atoms with E-state index < -0.39 is 18.1 Å². The molecule has 1 aromatic rings. The Balaban J connectivity index is 1.77. The van der Waals surface area contributed by atoms with Crippen molar-refractivity contribution in [3.05, 3.63) is 35.9 Å². The lowest BCUT2D eigenvalue weighted by Gasteiger charge is -2.34. The first-order chi connectivity index (χ1) is 10.0. The molecule has 1 atom stereocenters. The van der Waals surface area contributed by atoms with Crippen LogP contribution < -0.4 is 5.32 Å². The van der Waals surface area contributed by atoms with Crippen molar-refractivity contribution >= 4 is 12.1 Å². The van der Waals surface area contributed by atoms with Crippen molar-refractivity contribution in [2.75, 3.05) is 0 Å². The monoisotopic (exact) mass is 291 g/mol. The molecule has 1 unspecified atom stereocenters. The lowest BCUT2D eigenvalue weighted by atomic mass is 9.73. The number of nitrogens with one attached hydrogen (secondary N) is 1. The van der Waals surface area contributed by atoms with Crippen LogP contribution >= 0.6 is 0 Å². The predicted molar refractivity (Wildman–Crippen MR) is 77.7 cm³/mol. The number of benzene rings is 1. The molecule has 5 heteroatoms. The summed E-state index contributed by atoms with van der Waals surface area (Å²) in [5.41, 5.74) is 0.868. The Bertz CT molecular complexity index is 482.